The van der Waals surface area contributed by atoms with E-state index in [0.29, 0.717) is 10.6 Å². The SMILES string of the molecule is O=C1NS(=O)(=O)Nc2ccsc21. The van der Waals surface area contributed by atoms with Crippen LogP contribution in [-0.4, -0.2) is 14.3 Å². The van der Waals surface area contributed by atoms with E-state index in [2.05, 4.69) is 4.72 Å². The Morgan fingerprint density at radius 2 is 2.08 bits per heavy atom. The van der Waals surface area contributed by atoms with E-state index >= 15 is 0 Å². The van der Waals surface area contributed by atoms with E-state index in [1.54, 1.807) is 11.4 Å². The van der Waals surface area contributed by atoms with Crippen molar-refractivity contribution in [3.05, 3.63) is 16.3 Å². The molecule has 0 aliphatic carbocycles. The number of anilines is 1. The third-order valence-corrected chi connectivity index (χ3v) is 3.20. The van der Waals surface area contributed by atoms with Crippen LogP contribution in [0.2, 0.25) is 0 Å². The largest absolute Gasteiger partial charge is 0.324 e. The first-order valence-corrected chi connectivity index (χ1v) is 5.37. The lowest BCUT2D eigenvalue weighted by atomic mass is 10.4. The molecule has 1 aliphatic heterocycles. The summed E-state index contributed by atoms with van der Waals surface area (Å²) in [5, 5.41) is 1.65. The molecule has 0 saturated carbocycles. The topological polar surface area (TPSA) is 75.3 Å². The van der Waals surface area contributed by atoms with Crippen LogP contribution in [0.25, 0.3) is 0 Å². The maximum absolute atomic E-state index is 11.0. The molecule has 2 rings (SSSR count). The Balaban J connectivity index is 2.60. The number of fused-ring (bicyclic) bond motifs is 1. The van der Waals surface area contributed by atoms with E-state index < -0.39 is 16.1 Å². The van der Waals surface area contributed by atoms with E-state index in [0.717, 1.165) is 0 Å². The Bertz CT molecular complexity index is 433. The minimum atomic E-state index is -3.66. The highest BCUT2D eigenvalue weighted by atomic mass is 32.2. The van der Waals surface area contributed by atoms with Crippen LogP contribution in [0, 0.1) is 0 Å². The second kappa shape index (κ2) is 2.20. The molecular weight excluding hydrogens is 200 g/mol. The fourth-order valence-corrected chi connectivity index (χ4v) is 2.63. The Labute approximate surface area is 72.6 Å². The molecule has 5 nitrogen and oxygen atoms in total. The third kappa shape index (κ3) is 1.07. The number of rotatable bonds is 0. The van der Waals surface area contributed by atoms with E-state index in [-0.39, 0.29) is 0 Å². The minimum Gasteiger partial charge on any atom is -0.267 e. The Morgan fingerprint density at radius 3 is 2.83 bits per heavy atom. The molecule has 0 atom stereocenters. The number of hydrogen-bond donors (Lipinski definition) is 2. The first kappa shape index (κ1) is 7.56. The van der Waals surface area contributed by atoms with Crippen LogP contribution in [0.5, 0.6) is 0 Å². The summed E-state index contributed by atoms with van der Waals surface area (Å²) in [6.07, 6.45) is 0. The molecule has 1 aliphatic rings. The molecular formula is C5H4N2O3S2. The summed E-state index contributed by atoms with van der Waals surface area (Å²) < 4.78 is 25.8. The van der Waals surface area contributed by atoms with Gasteiger partial charge in [0.1, 0.15) is 4.88 Å². The highest BCUT2D eigenvalue weighted by Gasteiger charge is 2.26. The number of carbonyl (C=O) groups is 1. The lowest BCUT2D eigenvalue weighted by Crippen LogP contribution is -2.39. The summed E-state index contributed by atoms with van der Waals surface area (Å²) in [4.78, 5) is 11.4. The van der Waals surface area contributed by atoms with Crippen LogP contribution in [0.3, 0.4) is 0 Å². The molecule has 1 aromatic heterocycles. The molecule has 0 unspecified atom stereocenters. The molecule has 7 heteroatoms. The van der Waals surface area contributed by atoms with Crippen molar-refractivity contribution in [1.29, 1.82) is 0 Å². The third-order valence-electron chi connectivity index (χ3n) is 1.34. The standard InChI is InChI=1S/C5H4N2O3S2/c8-5-4-3(1-2-11-4)6-12(9,10)7-5/h1-2,6H,(H,7,8). The molecule has 1 amide bonds. The molecule has 0 spiro atoms. The van der Waals surface area contributed by atoms with Crippen LogP contribution in [-0.2, 0) is 10.2 Å². The van der Waals surface area contributed by atoms with Gasteiger partial charge in [0.15, 0.2) is 0 Å². The predicted octanol–water partition coefficient (Wildman–Crippen LogP) is 0.148. The summed E-state index contributed by atoms with van der Waals surface area (Å²) in [5.74, 6) is -0.571. The van der Waals surface area contributed by atoms with Crippen molar-refractivity contribution in [1.82, 2.24) is 4.72 Å². The summed E-state index contributed by atoms with van der Waals surface area (Å²) in [6, 6.07) is 1.55. The van der Waals surface area contributed by atoms with Gasteiger partial charge in [-0.3, -0.25) is 9.52 Å². The number of nitrogens with one attached hydrogen (secondary N) is 2. The number of carbonyl (C=O) groups excluding carboxylic acids is 1. The van der Waals surface area contributed by atoms with Crippen LogP contribution in [0.1, 0.15) is 9.67 Å². The van der Waals surface area contributed by atoms with Crippen LogP contribution in [0.4, 0.5) is 5.69 Å². The average Bonchev–Trinajstić information content (AvgIpc) is 2.31. The van der Waals surface area contributed by atoms with Gasteiger partial charge >= 0.3 is 10.2 Å². The second-order valence-electron chi connectivity index (χ2n) is 2.20. The first-order valence-electron chi connectivity index (χ1n) is 3.01. The lowest BCUT2D eigenvalue weighted by molar-refractivity contribution is 0.0985. The zero-order chi connectivity index (χ0) is 8.77. The maximum Gasteiger partial charge on any atom is 0.324 e. The Morgan fingerprint density at radius 1 is 1.33 bits per heavy atom. The smallest absolute Gasteiger partial charge is 0.267 e. The molecule has 0 aromatic carbocycles. The molecule has 0 fully saturated rings. The fourth-order valence-electron chi connectivity index (χ4n) is 0.904. The molecule has 0 saturated heterocycles. The summed E-state index contributed by atoms with van der Waals surface area (Å²) in [5.41, 5.74) is 0.351. The van der Waals surface area contributed by atoms with Crippen molar-refractivity contribution < 1.29 is 13.2 Å². The van der Waals surface area contributed by atoms with Crippen molar-refractivity contribution >= 4 is 33.1 Å². The lowest BCUT2D eigenvalue weighted by Gasteiger charge is -2.14. The first-order chi connectivity index (χ1) is 5.58. The highest BCUT2D eigenvalue weighted by molar-refractivity contribution is 7.91. The zero-order valence-electron chi connectivity index (χ0n) is 5.70. The van der Waals surface area contributed by atoms with E-state index in [9.17, 15) is 13.2 Å². The van der Waals surface area contributed by atoms with Gasteiger partial charge in [0.05, 0.1) is 5.69 Å². The van der Waals surface area contributed by atoms with E-state index in [1.165, 1.54) is 11.3 Å². The van der Waals surface area contributed by atoms with Crippen LogP contribution in [0.15, 0.2) is 11.4 Å². The van der Waals surface area contributed by atoms with Crippen molar-refractivity contribution in [2.45, 2.75) is 0 Å². The molecule has 12 heavy (non-hydrogen) atoms. The molecule has 0 radical (unpaired) electrons. The molecule has 2 N–H and O–H groups in total. The number of amides is 1. The van der Waals surface area contributed by atoms with Gasteiger partial charge in [-0.1, -0.05) is 0 Å². The van der Waals surface area contributed by atoms with Gasteiger partial charge in [0.25, 0.3) is 5.91 Å². The van der Waals surface area contributed by atoms with Gasteiger partial charge in [0, 0.05) is 0 Å². The summed E-state index contributed by atoms with van der Waals surface area (Å²) >= 11 is 1.20. The van der Waals surface area contributed by atoms with Crippen molar-refractivity contribution in [2.75, 3.05) is 4.72 Å². The van der Waals surface area contributed by atoms with Crippen molar-refractivity contribution in [2.24, 2.45) is 0 Å². The zero-order valence-corrected chi connectivity index (χ0v) is 7.33. The summed E-state index contributed by atoms with van der Waals surface area (Å²) in [7, 11) is -3.66. The van der Waals surface area contributed by atoms with Gasteiger partial charge in [-0.05, 0) is 11.4 Å². The van der Waals surface area contributed by atoms with Gasteiger partial charge in [0.2, 0.25) is 0 Å². The Kier molecular flexibility index (Phi) is 1.39. The van der Waals surface area contributed by atoms with E-state index in [1.807, 2.05) is 4.72 Å². The monoisotopic (exact) mass is 204 g/mol. The van der Waals surface area contributed by atoms with Gasteiger partial charge in [-0.25, -0.2) is 4.72 Å². The van der Waals surface area contributed by atoms with Crippen molar-refractivity contribution in [3.8, 4) is 0 Å². The molecule has 1 aromatic rings. The normalized spacial score (nSPS) is 19.2. The predicted molar refractivity (Wildman–Crippen MR) is 44.3 cm³/mol. The van der Waals surface area contributed by atoms with E-state index in [4.69, 9.17) is 0 Å². The van der Waals surface area contributed by atoms with Crippen molar-refractivity contribution in [3.63, 3.8) is 0 Å². The Hall–Kier alpha value is -1.08. The maximum atomic E-state index is 11.0. The molecule has 64 valence electrons. The highest BCUT2D eigenvalue weighted by Crippen LogP contribution is 2.25. The molecule has 2 heterocycles. The summed E-state index contributed by atoms with van der Waals surface area (Å²) in [6.45, 7) is 0. The second-order valence-corrected chi connectivity index (χ2v) is 4.53. The minimum absolute atomic E-state index is 0.351. The van der Waals surface area contributed by atoms with Gasteiger partial charge in [-0.2, -0.15) is 8.42 Å². The average molecular weight is 204 g/mol. The quantitative estimate of drug-likeness (QED) is 0.631. The van der Waals surface area contributed by atoms with Crippen LogP contribution >= 0.6 is 11.3 Å². The van der Waals surface area contributed by atoms with Gasteiger partial charge in [-0.15, -0.1) is 11.3 Å². The van der Waals surface area contributed by atoms with Crippen LogP contribution < -0.4 is 9.44 Å². The van der Waals surface area contributed by atoms with Gasteiger partial charge < -0.3 is 0 Å². The fraction of sp³-hybridized carbons (Fsp3) is 0. The number of thiophene rings is 1. The molecule has 0 bridgehead atoms. The number of hydrogen-bond acceptors (Lipinski definition) is 4.